The van der Waals surface area contributed by atoms with Crippen molar-refractivity contribution in [3.05, 3.63) is 118 Å². The van der Waals surface area contributed by atoms with E-state index < -0.39 is 0 Å². The fourth-order valence-corrected chi connectivity index (χ4v) is 5.23. The van der Waals surface area contributed by atoms with E-state index in [2.05, 4.69) is 107 Å². The van der Waals surface area contributed by atoms with E-state index in [1.807, 2.05) is 24.3 Å². The fraction of sp³-hybridized carbons (Fsp3) is 0.273. The van der Waals surface area contributed by atoms with Gasteiger partial charge in [-0.25, -0.2) is 5.43 Å². The Kier molecular flexibility index (Phi) is 7.94. The van der Waals surface area contributed by atoms with Gasteiger partial charge < -0.3 is 9.47 Å². The highest BCUT2D eigenvalue weighted by atomic mass is 16.2. The van der Waals surface area contributed by atoms with Crippen molar-refractivity contribution in [1.29, 1.82) is 0 Å². The molecule has 1 aliphatic heterocycles. The quantitative estimate of drug-likeness (QED) is 0.248. The maximum atomic E-state index is 12.7. The van der Waals surface area contributed by atoms with E-state index in [0.717, 1.165) is 55.4 Å². The molecule has 200 valence electrons. The average Bonchev–Trinajstić information content (AvgIpc) is 3.24. The Bertz CT molecular complexity index is 1460. The maximum absolute atomic E-state index is 12.7. The smallest absolute Gasteiger partial charge is 0.271 e. The number of benzene rings is 3. The van der Waals surface area contributed by atoms with Gasteiger partial charge in [-0.1, -0.05) is 36.4 Å². The van der Waals surface area contributed by atoms with E-state index in [1.54, 1.807) is 6.21 Å². The summed E-state index contributed by atoms with van der Waals surface area (Å²) in [5.74, 6) is -0.211. The van der Waals surface area contributed by atoms with Crippen molar-refractivity contribution in [3.8, 4) is 5.69 Å². The molecule has 0 atom stereocenters. The van der Waals surface area contributed by atoms with Crippen molar-refractivity contribution in [2.75, 3.05) is 31.1 Å². The third-order valence-electron chi connectivity index (χ3n) is 7.70. The van der Waals surface area contributed by atoms with E-state index >= 15 is 0 Å². The molecule has 1 amide bonds. The second-order valence-electron chi connectivity index (χ2n) is 10.4. The molecule has 6 nitrogen and oxygen atoms in total. The zero-order valence-corrected chi connectivity index (χ0v) is 23.3. The Balaban J connectivity index is 1.15. The van der Waals surface area contributed by atoms with Gasteiger partial charge >= 0.3 is 0 Å². The Labute approximate surface area is 231 Å². The molecule has 2 heterocycles. The summed E-state index contributed by atoms with van der Waals surface area (Å²) in [5, 5.41) is 4.26. The number of hydrazone groups is 1. The van der Waals surface area contributed by atoms with Crippen LogP contribution in [-0.2, 0) is 6.54 Å². The molecule has 0 unspecified atom stereocenters. The third kappa shape index (κ3) is 6.13. The summed E-state index contributed by atoms with van der Waals surface area (Å²) < 4.78 is 2.22. The van der Waals surface area contributed by atoms with Crippen LogP contribution in [0.2, 0.25) is 0 Å². The monoisotopic (exact) mass is 519 g/mol. The zero-order chi connectivity index (χ0) is 27.4. The number of nitrogens with zero attached hydrogens (tertiary/aromatic N) is 4. The number of carbonyl (C=O) groups is 1. The Hall–Kier alpha value is -4.16. The first-order valence-electron chi connectivity index (χ1n) is 13.6. The molecule has 4 aromatic rings. The summed E-state index contributed by atoms with van der Waals surface area (Å²) in [7, 11) is 0. The van der Waals surface area contributed by atoms with Crippen molar-refractivity contribution in [1.82, 2.24) is 14.9 Å². The van der Waals surface area contributed by atoms with Gasteiger partial charge in [0.1, 0.15) is 0 Å². The zero-order valence-electron chi connectivity index (χ0n) is 23.3. The molecule has 1 N–H and O–H groups in total. The van der Waals surface area contributed by atoms with Crippen molar-refractivity contribution >= 4 is 17.8 Å². The number of aromatic nitrogens is 1. The summed E-state index contributed by atoms with van der Waals surface area (Å²) in [4.78, 5) is 17.6. The molecule has 39 heavy (non-hydrogen) atoms. The topological polar surface area (TPSA) is 52.9 Å². The van der Waals surface area contributed by atoms with Gasteiger partial charge in [-0.3, -0.25) is 9.69 Å². The van der Waals surface area contributed by atoms with Crippen molar-refractivity contribution < 1.29 is 4.79 Å². The molecule has 1 aromatic heterocycles. The van der Waals surface area contributed by atoms with Crippen LogP contribution in [0.4, 0.5) is 5.69 Å². The SMILES string of the molecule is Cc1ccc(-n2c(C)cc(/C=N/NC(=O)c3ccc(CN4CCN(c5ccccc5)CC4)cc3)c2C)cc1C. The molecular weight excluding hydrogens is 482 g/mol. The number of amides is 1. The highest BCUT2D eigenvalue weighted by molar-refractivity contribution is 5.95. The lowest BCUT2D eigenvalue weighted by atomic mass is 10.1. The summed E-state index contributed by atoms with van der Waals surface area (Å²) in [6, 6.07) is 27.0. The minimum atomic E-state index is -0.211. The van der Waals surface area contributed by atoms with E-state index in [4.69, 9.17) is 0 Å². The van der Waals surface area contributed by atoms with Gasteiger partial charge in [-0.2, -0.15) is 5.10 Å². The molecule has 1 fully saturated rings. The number of carbonyl (C=O) groups excluding carboxylic acids is 1. The summed E-state index contributed by atoms with van der Waals surface area (Å²) >= 11 is 0. The van der Waals surface area contributed by atoms with E-state index in [0.29, 0.717) is 5.56 Å². The summed E-state index contributed by atoms with van der Waals surface area (Å²) in [6.45, 7) is 13.4. The first-order chi connectivity index (χ1) is 18.9. The summed E-state index contributed by atoms with van der Waals surface area (Å²) in [5.41, 5.74) is 12.7. The molecule has 1 saturated heterocycles. The number of aryl methyl sites for hydroxylation is 3. The van der Waals surface area contributed by atoms with Gasteiger partial charge in [0, 0.05) is 66.6 Å². The largest absolute Gasteiger partial charge is 0.369 e. The molecule has 0 radical (unpaired) electrons. The Morgan fingerprint density at radius 1 is 0.821 bits per heavy atom. The molecule has 0 spiro atoms. The summed E-state index contributed by atoms with van der Waals surface area (Å²) in [6.07, 6.45) is 1.72. The highest BCUT2D eigenvalue weighted by Crippen LogP contribution is 2.22. The molecule has 3 aromatic carbocycles. The number of nitrogens with one attached hydrogen (secondary N) is 1. The second-order valence-corrected chi connectivity index (χ2v) is 10.4. The van der Waals surface area contributed by atoms with Crippen LogP contribution < -0.4 is 10.3 Å². The lowest BCUT2D eigenvalue weighted by Crippen LogP contribution is -2.45. The Morgan fingerprint density at radius 2 is 1.54 bits per heavy atom. The minimum Gasteiger partial charge on any atom is -0.369 e. The van der Waals surface area contributed by atoms with Crippen molar-refractivity contribution in [2.24, 2.45) is 5.10 Å². The number of para-hydroxylation sites is 1. The van der Waals surface area contributed by atoms with Crippen LogP contribution in [0.5, 0.6) is 0 Å². The van der Waals surface area contributed by atoms with Gasteiger partial charge in [-0.05, 0) is 86.8 Å². The molecule has 1 aliphatic rings. The normalized spacial score (nSPS) is 14.2. The Morgan fingerprint density at radius 3 is 2.23 bits per heavy atom. The molecule has 6 heteroatoms. The standard InChI is InChI=1S/C33H37N5O/c1-24-10-15-32(20-25(24)2)38-26(3)21-30(27(38)4)22-34-35-33(39)29-13-11-28(12-14-29)23-36-16-18-37(19-17-36)31-8-6-5-7-9-31/h5-15,20-22H,16-19,23H2,1-4H3,(H,35,39)/b34-22+. The number of piperazine rings is 1. The molecule has 0 aliphatic carbocycles. The number of hydrogen-bond acceptors (Lipinski definition) is 4. The molecular formula is C33H37N5O. The van der Waals surface area contributed by atoms with Gasteiger partial charge in [0.05, 0.1) is 6.21 Å². The molecule has 0 bridgehead atoms. The van der Waals surface area contributed by atoms with Gasteiger partial charge in [-0.15, -0.1) is 0 Å². The number of hydrogen-bond donors (Lipinski definition) is 1. The fourth-order valence-electron chi connectivity index (χ4n) is 5.23. The average molecular weight is 520 g/mol. The predicted octanol–water partition coefficient (Wildman–Crippen LogP) is 5.80. The van der Waals surface area contributed by atoms with Crippen LogP contribution in [0.3, 0.4) is 0 Å². The van der Waals surface area contributed by atoms with E-state index in [9.17, 15) is 4.79 Å². The van der Waals surface area contributed by atoms with E-state index in [-0.39, 0.29) is 5.91 Å². The molecule has 0 saturated carbocycles. The molecule has 5 rings (SSSR count). The van der Waals surface area contributed by atoms with Crippen LogP contribution in [0.25, 0.3) is 5.69 Å². The highest BCUT2D eigenvalue weighted by Gasteiger charge is 2.17. The first-order valence-corrected chi connectivity index (χ1v) is 13.6. The predicted molar refractivity (Wildman–Crippen MR) is 160 cm³/mol. The van der Waals surface area contributed by atoms with Crippen LogP contribution in [0.15, 0.2) is 84.0 Å². The minimum absolute atomic E-state index is 0.211. The van der Waals surface area contributed by atoms with Crippen LogP contribution in [0.1, 0.15) is 44.0 Å². The second kappa shape index (κ2) is 11.7. The third-order valence-corrected chi connectivity index (χ3v) is 7.70. The lowest BCUT2D eigenvalue weighted by molar-refractivity contribution is 0.0955. The van der Waals surface area contributed by atoms with Crippen molar-refractivity contribution in [2.45, 2.75) is 34.2 Å². The van der Waals surface area contributed by atoms with Crippen LogP contribution >= 0.6 is 0 Å². The maximum Gasteiger partial charge on any atom is 0.271 e. The number of anilines is 1. The first kappa shape index (κ1) is 26.4. The number of rotatable bonds is 7. The van der Waals surface area contributed by atoms with Gasteiger partial charge in [0.15, 0.2) is 0 Å². The van der Waals surface area contributed by atoms with Gasteiger partial charge in [0.2, 0.25) is 0 Å². The van der Waals surface area contributed by atoms with Crippen LogP contribution in [-0.4, -0.2) is 47.8 Å². The van der Waals surface area contributed by atoms with Crippen molar-refractivity contribution in [3.63, 3.8) is 0 Å². The van der Waals surface area contributed by atoms with E-state index in [1.165, 1.54) is 22.4 Å². The van der Waals surface area contributed by atoms with Gasteiger partial charge in [0.25, 0.3) is 5.91 Å². The lowest BCUT2D eigenvalue weighted by Gasteiger charge is -2.36. The van der Waals surface area contributed by atoms with Crippen LogP contribution in [0, 0.1) is 27.7 Å².